The Balaban J connectivity index is 1.74. The summed E-state index contributed by atoms with van der Waals surface area (Å²) in [5.74, 6) is -1.16. The normalized spacial score (nSPS) is 14.7. The van der Waals surface area contributed by atoms with Gasteiger partial charge >= 0.3 is 6.18 Å². The Labute approximate surface area is 254 Å². The van der Waals surface area contributed by atoms with E-state index < -0.39 is 56.9 Å². The third kappa shape index (κ3) is 7.88. The highest BCUT2D eigenvalue weighted by atomic mass is 35.5. The standard InChI is InChI=1S/C31H33ClF3N3O4S/c1-21-12-14-23(15-13-21)19-37(22(2)30(40)36-24-8-6-7-9-24)29(39)20-38(43(41,42)26-10-4-3-5-11-26)25-16-17-28(32)27(18-25)31(33,34)35/h3-5,10-18,22,24H,6-9,19-20H2,1-2H3,(H,36,40)/t22-/m1/s1. The van der Waals surface area contributed by atoms with Crippen molar-refractivity contribution in [2.24, 2.45) is 0 Å². The van der Waals surface area contributed by atoms with Crippen LogP contribution in [0.5, 0.6) is 0 Å². The van der Waals surface area contributed by atoms with E-state index in [0.717, 1.165) is 43.4 Å². The fourth-order valence-corrected chi connectivity index (χ4v) is 6.65. The molecule has 0 aliphatic heterocycles. The van der Waals surface area contributed by atoms with Crippen LogP contribution < -0.4 is 9.62 Å². The first-order chi connectivity index (χ1) is 20.3. The smallest absolute Gasteiger partial charge is 0.352 e. The molecule has 7 nitrogen and oxygen atoms in total. The van der Waals surface area contributed by atoms with Crippen LogP contribution in [0, 0.1) is 6.92 Å². The molecule has 1 aliphatic rings. The summed E-state index contributed by atoms with van der Waals surface area (Å²) in [4.78, 5) is 28.3. The van der Waals surface area contributed by atoms with Crippen molar-refractivity contribution in [3.63, 3.8) is 0 Å². The van der Waals surface area contributed by atoms with E-state index in [9.17, 15) is 31.2 Å². The van der Waals surface area contributed by atoms with Gasteiger partial charge in [0, 0.05) is 12.6 Å². The van der Waals surface area contributed by atoms with Crippen LogP contribution in [0.2, 0.25) is 5.02 Å². The van der Waals surface area contributed by atoms with Crippen molar-refractivity contribution < 1.29 is 31.2 Å². The van der Waals surface area contributed by atoms with E-state index >= 15 is 0 Å². The largest absolute Gasteiger partial charge is 0.417 e. The predicted octanol–water partition coefficient (Wildman–Crippen LogP) is 6.34. The third-order valence-corrected chi connectivity index (χ3v) is 9.61. The molecular weight excluding hydrogens is 603 g/mol. The second-order valence-electron chi connectivity index (χ2n) is 10.7. The van der Waals surface area contributed by atoms with Crippen LogP contribution >= 0.6 is 11.6 Å². The number of benzene rings is 3. The molecule has 12 heteroatoms. The summed E-state index contributed by atoms with van der Waals surface area (Å²) >= 11 is 5.81. The number of rotatable bonds is 10. The lowest BCUT2D eigenvalue weighted by Gasteiger charge is -2.32. The van der Waals surface area contributed by atoms with Gasteiger partial charge in [-0.1, -0.05) is 72.5 Å². The minimum Gasteiger partial charge on any atom is -0.352 e. The molecule has 1 fully saturated rings. The molecule has 43 heavy (non-hydrogen) atoms. The molecule has 0 unspecified atom stereocenters. The zero-order valence-electron chi connectivity index (χ0n) is 23.8. The highest BCUT2D eigenvalue weighted by molar-refractivity contribution is 7.92. The third-order valence-electron chi connectivity index (χ3n) is 7.50. The van der Waals surface area contributed by atoms with E-state index in [0.29, 0.717) is 15.9 Å². The van der Waals surface area contributed by atoms with Crippen molar-refractivity contribution >= 4 is 39.1 Å². The SMILES string of the molecule is Cc1ccc(CN(C(=O)CN(c2ccc(Cl)c(C(F)(F)F)c2)S(=O)(=O)c2ccccc2)[C@H](C)C(=O)NC2CCCC2)cc1. The second kappa shape index (κ2) is 13.4. The van der Waals surface area contributed by atoms with Crippen LogP contribution in [0.25, 0.3) is 0 Å². The Morgan fingerprint density at radius 3 is 2.23 bits per heavy atom. The number of hydrogen-bond donors (Lipinski definition) is 1. The number of nitrogens with zero attached hydrogens (tertiary/aromatic N) is 2. The molecule has 1 aliphatic carbocycles. The Morgan fingerprint density at radius 1 is 1.00 bits per heavy atom. The number of carbonyl (C=O) groups excluding carboxylic acids is 2. The second-order valence-corrected chi connectivity index (χ2v) is 12.9. The summed E-state index contributed by atoms with van der Waals surface area (Å²) in [5, 5.41) is 2.36. The van der Waals surface area contributed by atoms with Crippen molar-refractivity contribution in [1.82, 2.24) is 10.2 Å². The molecule has 0 aromatic heterocycles. The van der Waals surface area contributed by atoms with E-state index in [-0.39, 0.29) is 17.5 Å². The summed E-state index contributed by atoms with van der Waals surface area (Å²) in [6, 6.07) is 16.0. The van der Waals surface area contributed by atoms with E-state index in [1.54, 1.807) is 25.1 Å². The molecule has 0 spiro atoms. The molecule has 2 amide bonds. The fourth-order valence-electron chi connectivity index (χ4n) is 5.00. The number of anilines is 1. The lowest BCUT2D eigenvalue weighted by molar-refractivity contribution is -0.139. The average Bonchev–Trinajstić information content (AvgIpc) is 3.48. The molecule has 230 valence electrons. The monoisotopic (exact) mass is 635 g/mol. The van der Waals surface area contributed by atoms with Gasteiger partial charge in [-0.05, 0) is 62.6 Å². The summed E-state index contributed by atoms with van der Waals surface area (Å²) in [7, 11) is -4.53. The molecule has 0 heterocycles. The maximum Gasteiger partial charge on any atom is 0.417 e. The molecule has 4 rings (SSSR count). The van der Waals surface area contributed by atoms with Crippen molar-refractivity contribution in [1.29, 1.82) is 0 Å². The Morgan fingerprint density at radius 2 is 1.63 bits per heavy atom. The van der Waals surface area contributed by atoms with Gasteiger partial charge in [-0.15, -0.1) is 0 Å². The average molecular weight is 636 g/mol. The first-order valence-corrected chi connectivity index (χ1v) is 15.7. The molecular formula is C31H33ClF3N3O4S. The zero-order valence-corrected chi connectivity index (χ0v) is 25.3. The van der Waals surface area contributed by atoms with Crippen molar-refractivity contribution in [2.45, 2.75) is 69.2 Å². The zero-order chi connectivity index (χ0) is 31.4. The Kier molecular flexibility index (Phi) is 10.1. The van der Waals surface area contributed by atoms with Crippen molar-refractivity contribution in [3.8, 4) is 0 Å². The summed E-state index contributed by atoms with van der Waals surface area (Å²) in [6.07, 6.45) is -1.25. The van der Waals surface area contributed by atoms with Gasteiger partial charge in [-0.25, -0.2) is 8.42 Å². The molecule has 1 saturated carbocycles. The molecule has 3 aromatic carbocycles. The fraction of sp³-hybridized carbons (Fsp3) is 0.355. The quantitative estimate of drug-likeness (QED) is 0.282. The van der Waals surface area contributed by atoms with Crippen LogP contribution in [0.1, 0.15) is 49.3 Å². The van der Waals surface area contributed by atoms with Gasteiger partial charge in [-0.2, -0.15) is 13.2 Å². The van der Waals surface area contributed by atoms with Crippen LogP contribution in [-0.2, 0) is 32.3 Å². The Bertz CT molecular complexity index is 1540. The first-order valence-electron chi connectivity index (χ1n) is 13.9. The molecule has 1 N–H and O–H groups in total. The van der Waals surface area contributed by atoms with Crippen LogP contribution in [0.3, 0.4) is 0 Å². The summed E-state index contributed by atoms with van der Waals surface area (Å²) in [6.45, 7) is 2.57. The van der Waals surface area contributed by atoms with E-state index in [1.807, 2.05) is 19.1 Å². The number of amides is 2. The van der Waals surface area contributed by atoms with E-state index in [2.05, 4.69) is 5.32 Å². The topological polar surface area (TPSA) is 86.8 Å². The molecule has 0 saturated heterocycles. The maximum absolute atomic E-state index is 14.0. The minimum atomic E-state index is -4.87. The predicted molar refractivity (Wildman–Crippen MR) is 159 cm³/mol. The number of halogens is 4. The highest BCUT2D eigenvalue weighted by Gasteiger charge is 2.37. The molecule has 0 bridgehead atoms. The lowest BCUT2D eigenvalue weighted by Crippen LogP contribution is -2.52. The van der Waals surface area contributed by atoms with Gasteiger partial charge in [0.05, 0.1) is 21.2 Å². The van der Waals surface area contributed by atoms with E-state index in [4.69, 9.17) is 11.6 Å². The molecule has 1 atom stereocenters. The number of sulfonamides is 1. The maximum atomic E-state index is 14.0. The molecule has 3 aromatic rings. The number of nitrogens with one attached hydrogen (secondary N) is 1. The van der Waals surface area contributed by atoms with Gasteiger partial charge in [-0.3, -0.25) is 13.9 Å². The highest BCUT2D eigenvalue weighted by Crippen LogP contribution is 2.38. The number of carbonyl (C=O) groups is 2. The van der Waals surface area contributed by atoms with Crippen molar-refractivity contribution in [2.75, 3.05) is 10.8 Å². The number of aryl methyl sites for hydroxylation is 1. The summed E-state index contributed by atoms with van der Waals surface area (Å²) < 4.78 is 69.6. The number of alkyl halides is 3. The minimum absolute atomic E-state index is 0.0175. The van der Waals surface area contributed by atoms with Crippen LogP contribution in [0.15, 0.2) is 77.7 Å². The lowest BCUT2D eigenvalue weighted by atomic mass is 10.1. The van der Waals surface area contributed by atoms with Gasteiger partial charge in [0.2, 0.25) is 11.8 Å². The van der Waals surface area contributed by atoms with Gasteiger partial charge in [0.25, 0.3) is 10.0 Å². The van der Waals surface area contributed by atoms with Gasteiger partial charge in [0.1, 0.15) is 12.6 Å². The van der Waals surface area contributed by atoms with E-state index in [1.165, 1.54) is 29.2 Å². The van der Waals surface area contributed by atoms with Crippen LogP contribution in [0.4, 0.5) is 18.9 Å². The summed E-state index contributed by atoms with van der Waals surface area (Å²) in [5.41, 5.74) is 0.0419. The van der Waals surface area contributed by atoms with Gasteiger partial charge in [0.15, 0.2) is 0 Å². The van der Waals surface area contributed by atoms with Gasteiger partial charge < -0.3 is 10.2 Å². The van der Waals surface area contributed by atoms with Crippen molar-refractivity contribution in [3.05, 3.63) is 94.5 Å². The molecule has 0 radical (unpaired) electrons. The van der Waals surface area contributed by atoms with Crippen LogP contribution in [-0.4, -0.2) is 43.8 Å². The Hall–Kier alpha value is -3.57. The number of hydrogen-bond acceptors (Lipinski definition) is 4. The first kappa shape index (κ1) is 32.3.